The normalized spacial score (nSPS) is 23.3. The standard InChI is InChI=1S/C13H17NO5/c1-13(2)18-11(15)10(12(16)19-13)4-3-5-14-6-8-17-9-7-14/h3-5H,6-9H2,1-2H3/b5-3+. The van der Waals surface area contributed by atoms with Crippen molar-refractivity contribution in [2.75, 3.05) is 26.3 Å². The molecular formula is C13H17NO5. The largest absolute Gasteiger partial charge is 0.419 e. The highest BCUT2D eigenvalue weighted by Crippen LogP contribution is 2.22. The molecule has 2 rings (SSSR count). The highest BCUT2D eigenvalue weighted by atomic mass is 16.7. The highest BCUT2D eigenvalue weighted by molar-refractivity contribution is 6.15. The lowest BCUT2D eigenvalue weighted by Gasteiger charge is -2.29. The van der Waals surface area contributed by atoms with Crippen molar-refractivity contribution < 1.29 is 23.8 Å². The second kappa shape index (κ2) is 5.44. The van der Waals surface area contributed by atoms with Crippen LogP contribution in [-0.4, -0.2) is 48.9 Å². The second-order valence-electron chi connectivity index (χ2n) is 4.75. The van der Waals surface area contributed by atoms with Crippen molar-refractivity contribution in [1.29, 1.82) is 0 Å². The van der Waals surface area contributed by atoms with E-state index in [0.717, 1.165) is 13.1 Å². The number of carbonyl (C=O) groups excluding carboxylic acids is 2. The minimum absolute atomic E-state index is 0.0937. The van der Waals surface area contributed by atoms with E-state index in [0.29, 0.717) is 13.2 Å². The van der Waals surface area contributed by atoms with E-state index in [9.17, 15) is 9.59 Å². The molecule has 0 N–H and O–H groups in total. The number of allylic oxidation sites excluding steroid dienone is 2. The van der Waals surface area contributed by atoms with Crippen LogP contribution in [0.2, 0.25) is 0 Å². The van der Waals surface area contributed by atoms with Gasteiger partial charge in [-0.2, -0.15) is 0 Å². The first-order valence-corrected chi connectivity index (χ1v) is 6.15. The molecule has 19 heavy (non-hydrogen) atoms. The third kappa shape index (κ3) is 3.57. The maximum absolute atomic E-state index is 11.6. The van der Waals surface area contributed by atoms with Gasteiger partial charge in [-0.15, -0.1) is 0 Å². The zero-order valence-electron chi connectivity index (χ0n) is 11.0. The average molecular weight is 267 g/mol. The minimum atomic E-state index is -1.20. The first-order valence-electron chi connectivity index (χ1n) is 6.15. The Labute approximate surface area is 111 Å². The van der Waals surface area contributed by atoms with Crippen LogP contribution in [0.3, 0.4) is 0 Å². The summed E-state index contributed by atoms with van der Waals surface area (Å²) in [4.78, 5) is 25.3. The zero-order valence-corrected chi connectivity index (χ0v) is 11.0. The number of hydrogen-bond acceptors (Lipinski definition) is 6. The summed E-state index contributed by atoms with van der Waals surface area (Å²) >= 11 is 0. The first kappa shape index (κ1) is 13.6. The van der Waals surface area contributed by atoms with E-state index in [2.05, 4.69) is 0 Å². The van der Waals surface area contributed by atoms with Gasteiger partial charge in [-0.1, -0.05) is 0 Å². The van der Waals surface area contributed by atoms with Crippen molar-refractivity contribution in [1.82, 2.24) is 4.90 Å². The molecule has 6 heteroatoms. The number of ether oxygens (including phenoxy) is 3. The van der Waals surface area contributed by atoms with Gasteiger partial charge in [-0.25, -0.2) is 9.59 Å². The van der Waals surface area contributed by atoms with Crippen LogP contribution in [-0.2, 0) is 23.8 Å². The molecule has 0 aromatic heterocycles. The fraction of sp³-hybridized carbons (Fsp3) is 0.538. The Morgan fingerprint density at radius 3 is 2.26 bits per heavy atom. The summed E-state index contributed by atoms with van der Waals surface area (Å²) in [7, 11) is 0. The van der Waals surface area contributed by atoms with Gasteiger partial charge in [0.05, 0.1) is 13.2 Å². The summed E-state index contributed by atoms with van der Waals surface area (Å²) in [5.41, 5.74) is -0.0937. The van der Waals surface area contributed by atoms with Crippen LogP contribution in [0.4, 0.5) is 0 Å². The summed E-state index contributed by atoms with van der Waals surface area (Å²) in [6.45, 7) is 5.98. The first-order chi connectivity index (χ1) is 8.98. The molecule has 0 spiro atoms. The molecule has 6 nitrogen and oxygen atoms in total. The van der Waals surface area contributed by atoms with Gasteiger partial charge in [0.1, 0.15) is 5.57 Å². The molecule has 2 heterocycles. The Bertz CT molecular complexity index is 410. The van der Waals surface area contributed by atoms with E-state index in [4.69, 9.17) is 14.2 Å². The number of nitrogens with zero attached hydrogens (tertiary/aromatic N) is 1. The molecule has 2 aliphatic rings. The Morgan fingerprint density at radius 2 is 1.68 bits per heavy atom. The summed E-state index contributed by atoms with van der Waals surface area (Å²) < 4.78 is 15.2. The molecule has 0 bridgehead atoms. The zero-order chi connectivity index (χ0) is 13.9. The molecule has 0 aromatic rings. The molecule has 0 aromatic carbocycles. The van der Waals surface area contributed by atoms with Crippen molar-refractivity contribution in [3.63, 3.8) is 0 Å². The monoisotopic (exact) mass is 267 g/mol. The van der Waals surface area contributed by atoms with Crippen LogP contribution in [0.15, 0.2) is 23.9 Å². The molecular weight excluding hydrogens is 250 g/mol. The van der Waals surface area contributed by atoms with Gasteiger partial charge in [0.25, 0.3) is 5.79 Å². The van der Waals surface area contributed by atoms with Crippen molar-refractivity contribution in [2.45, 2.75) is 19.6 Å². The van der Waals surface area contributed by atoms with Crippen molar-refractivity contribution in [3.05, 3.63) is 23.9 Å². The van der Waals surface area contributed by atoms with E-state index in [-0.39, 0.29) is 5.57 Å². The van der Waals surface area contributed by atoms with Crippen molar-refractivity contribution in [2.24, 2.45) is 0 Å². The fourth-order valence-electron chi connectivity index (χ4n) is 1.78. The third-order valence-corrected chi connectivity index (χ3v) is 2.72. The van der Waals surface area contributed by atoms with Crippen LogP contribution in [0.5, 0.6) is 0 Å². The Hall–Kier alpha value is -1.82. The van der Waals surface area contributed by atoms with Crippen LogP contribution >= 0.6 is 0 Å². The molecule has 0 radical (unpaired) electrons. The van der Waals surface area contributed by atoms with Gasteiger partial charge >= 0.3 is 11.9 Å². The van der Waals surface area contributed by atoms with Gasteiger partial charge in [0, 0.05) is 26.9 Å². The van der Waals surface area contributed by atoms with Crippen LogP contribution < -0.4 is 0 Å². The summed E-state index contributed by atoms with van der Waals surface area (Å²) in [5, 5.41) is 0. The molecule has 0 atom stereocenters. The molecule has 104 valence electrons. The van der Waals surface area contributed by atoms with Gasteiger partial charge < -0.3 is 19.1 Å². The smallest absolute Gasteiger partial charge is 0.348 e. The van der Waals surface area contributed by atoms with E-state index in [1.165, 1.54) is 19.9 Å². The van der Waals surface area contributed by atoms with Gasteiger partial charge in [-0.05, 0) is 18.4 Å². The lowest BCUT2D eigenvalue weighted by Crippen LogP contribution is -2.41. The van der Waals surface area contributed by atoms with E-state index < -0.39 is 17.7 Å². The summed E-state index contributed by atoms with van der Waals surface area (Å²) in [6.07, 6.45) is 4.87. The molecule has 2 aliphatic heterocycles. The van der Waals surface area contributed by atoms with Crippen LogP contribution in [0.25, 0.3) is 0 Å². The maximum Gasteiger partial charge on any atom is 0.348 e. The topological polar surface area (TPSA) is 65.1 Å². The van der Waals surface area contributed by atoms with E-state index in [1.807, 2.05) is 11.1 Å². The molecule has 0 amide bonds. The number of carbonyl (C=O) groups is 2. The predicted octanol–water partition coefficient (Wildman–Crippen LogP) is 0.595. The van der Waals surface area contributed by atoms with E-state index >= 15 is 0 Å². The van der Waals surface area contributed by atoms with Crippen LogP contribution in [0, 0.1) is 0 Å². The lowest BCUT2D eigenvalue weighted by atomic mass is 10.2. The summed E-state index contributed by atoms with van der Waals surface area (Å²) in [5.74, 6) is -2.51. The SMILES string of the molecule is CC1(C)OC(=O)C(=C/C=C/N2CCOCC2)C(=O)O1. The van der Waals surface area contributed by atoms with E-state index in [1.54, 1.807) is 6.08 Å². The van der Waals surface area contributed by atoms with Crippen LogP contribution in [0.1, 0.15) is 13.8 Å². The number of esters is 2. The lowest BCUT2D eigenvalue weighted by molar-refractivity contribution is -0.222. The maximum atomic E-state index is 11.6. The molecule has 2 saturated heterocycles. The van der Waals surface area contributed by atoms with Gasteiger partial charge in [-0.3, -0.25) is 0 Å². The highest BCUT2D eigenvalue weighted by Gasteiger charge is 2.38. The van der Waals surface area contributed by atoms with Gasteiger partial charge in [0.15, 0.2) is 0 Å². The second-order valence-corrected chi connectivity index (χ2v) is 4.75. The Morgan fingerprint density at radius 1 is 1.11 bits per heavy atom. The fourth-order valence-corrected chi connectivity index (χ4v) is 1.78. The van der Waals surface area contributed by atoms with Crippen molar-refractivity contribution in [3.8, 4) is 0 Å². The Kier molecular flexibility index (Phi) is 3.90. The number of rotatable bonds is 2. The molecule has 0 unspecified atom stereocenters. The van der Waals surface area contributed by atoms with Crippen molar-refractivity contribution >= 4 is 11.9 Å². The predicted molar refractivity (Wildman–Crippen MR) is 65.9 cm³/mol. The number of morpholine rings is 1. The van der Waals surface area contributed by atoms with Gasteiger partial charge in [0.2, 0.25) is 0 Å². The average Bonchev–Trinajstić information content (AvgIpc) is 2.32. The molecule has 0 saturated carbocycles. The molecule has 0 aliphatic carbocycles. The number of hydrogen-bond donors (Lipinski definition) is 0. The summed E-state index contributed by atoms with van der Waals surface area (Å²) in [6, 6.07) is 0. The Balaban J connectivity index is 2.00. The third-order valence-electron chi connectivity index (χ3n) is 2.72. The molecule has 2 fully saturated rings. The minimum Gasteiger partial charge on any atom is -0.419 e. The quantitative estimate of drug-likeness (QED) is 0.414. The number of cyclic esters (lactones) is 2.